The van der Waals surface area contributed by atoms with Crippen molar-refractivity contribution in [1.29, 1.82) is 0 Å². The van der Waals surface area contributed by atoms with Crippen molar-refractivity contribution >= 4 is 50.7 Å². The number of hydrogen-bond acceptors (Lipinski definition) is 2. The van der Waals surface area contributed by atoms with E-state index >= 15 is 0 Å². The molecule has 1 unspecified atom stereocenters. The number of benzene rings is 1. The number of hydrogen-bond donors (Lipinski definition) is 2. The zero-order valence-electron chi connectivity index (χ0n) is 11.0. The Morgan fingerprint density at radius 3 is 2.85 bits per heavy atom. The second-order valence-electron chi connectivity index (χ2n) is 4.96. The molecular formula is C14H17BrCl2N2O. The van der Waals surface area contributed by atoms with Gasteiger partial charge in [-0.3, -0.25) is 4.79 Å². The number of anilines is 1. The summed E-state index contributed by atoms with van der Waals surface area (Å²) in [5, 5.41) is 7.03. The Labute approximate surface area is 137 Å². The van der Waals surface area contributed by atoms with Gasteiger partial charge in [0.15, 0.2) is 0 Å². The van der Waals surface area contributed by atoms with Gasteiger partial charge in [0.2, 0.25) is 5.91 Å². The van der Waals surface area contributed by atoms with Crippen LogP contribution in [0.15, 0.2) is 16.6 Å². The molecule has 1 aliphatic heterocycles. The van der Waals surface area contributed by atoms with Gasteiger partial charge < -0.3 is 10.6 Å². The number of nitrogens with one attached hydrogen (secondary N) is 2. The van der Waals surface area contributed by atoms with Gasteiger partial charge >= 0.3 is 0 Å². The van der Waals surface area contributed by atoms with E-state index in [1.165, 1.54) is 12.8 Å². The fraction of sp³-hybridized carbons (Fsp3) is 0.500. The van der Waals surface area contributed by atoms with Crippen LogP contribution in [0, 0.1) is 0 Å². The van der Waals surface area contributed by atoms with Crippen LogP contribution in [0.1, 0.15) is 32.1 Å². The first-order valence-corrected chi connectivity index (χ1v) is 8.29. The standard InChI is InChI=1S/C14H17BrCl2N2O/c15-10-5-6-11(14(17)13(10)16)19-12(20)7-4-9-3-1-2-8-18-9/h5-6,9,18H,1-4,7-8H2,(H,19,20). The van der Waals surface area contributed by atoms with Crippen molar-refractivity contribution in [1.82, 2.24) is 5.32 Å². The van der Waals surface area contributed by atoms with E-state index < -0.39 is 0 Å². The van der Waals surface area contributed by atoms with E-state index in [9.17, 15) is 4.79 Å². The number of halogens is 3. The lowest BCUT2D eigenvalue weighted by molar-refractivity contribution is -0.116. The highest BCUT2D eigenvalue weighted by Gasteiger charge is 2.15. The molecule has 1 aromatic carbocycles. The average Bonchev–Trinajstić information content (AvgIpc) is 2.47. The van der Waals surface area contributed by atoms with E-state index in [1.807, 2.05) is 0 Å². The Balaban J connectivity index is 1.86. The van der Waals surface area contributed by atoms with E-state index in [4.69, 9.17) is 23.2 Å². The maximum absolute atomic E-state index is 12.0. The highest BCUT2D eigenvalue weighted by Crippen LogP contribution is 2.35. The molecule has 0 bridgehead atoms. The molecule has 1 atom stereocenters. The van der Waals surface area contributed by atoms with Crippen molar-refractivity contribution in [3.8, 4) is 0 Å². The minimum atomic E-state index is -0.0299. The van der Waals surface area contributed by atoms with Gasteiger partial charge in [-0.05, 0) is 53.9 Å². The third kappa shape index (κ3) is 4.35. The van der Waals surface area contributed by atoms with Crippen LogP contribution in [-0.4, -0.2) is 18.5 Å². The fourth-order valence-electron chi connectivity index (χ4n) is 2.31. The van der Waals surface area contributed by atoms with Gasteiger partial charge in [-0.2, -0.15) is 0 Å². The summed E-state index contributed by atoms with van der Waals surface area (Å²) in [7, 11) is 0. The number of carbonyl (C=O) groups is 1. The zero-order chi connectivity index (χ0) is 14.5. The Kier molecular flexibility index (Phi) is 6.15. The molecule has 1 aliphatic rings. The SMILES string of the molecule is O=C(CCC1CCCCN1)Nc1ccc(Br)c(Cl)c1Cl. The van der Waals surface area contributed by atoms with Crippen LogP contribution in [0.25, 0.3) is 0 Å². The van der Waals surface area contributed by atoms with Crippen LogP contribution < -0.4 is 10.6 Å². The predicted molar refractivity (Wildman–Crippen MR) is 87.7 cm³/mol. The van der Waals surface area contributed by atoms with E-state index in [0.717, 1.165) is 19.4 Å². The quantitative estimate of drug-likeness (QED) is 0.749. The molecule has 0 aromatic heterocycles. The third-order valence-corrected chi connectivity index (χ3v) is 5.21. The number of rotatable bonds is 4. The van der Waals surface area contributed by atoms with E-state index in [2.05, 4.69) is 26.6 Å². The number of amides is 1. The first-order chi connectivity index (χ1) is 9.58. The molecule has 1 fully saturated rings. The Hall–Kier alpha value is -0.290. The van der Waals surface area contributed by atoms with Crippen LogP contribution in [-0.2, 0) is 4.79 Å². The maximum atomic E-state index is 12.0. The van der Waals surface area contributed by atoms with Gasteiger partial charge in [0.1, 0.15) is 0 Å². The van der Waals surface area contributed by atoms with Gasteiger partial charge in [-0.25, -0.2) is 0 Å². The van der Waals surface area contributed by atoms with Crippen LogP contribution in [0.3, 0.4) is 0 Å². The van der Waals surface area contributed by atoms with Crippen LogP contribution >= 0.6 is 39.1 Å². The van der Waals surface area contributed by atoms with E-state index in [0.29, 0.717) is 32.7 Å². The number of piperidine rings is 1. The lowest BCUT2D eigenvalue weighted by Crippen LogP contribution is -2.34. The van der Waals surface area contributed by atoms with Crippen LogP contribution in [0.5, 0.6) is 0 Å². The van der Waals surface area contributed by atoms with Crippen molar-refractivity contribution in [2.45, 2.75) is 38.1 Å². The highest BCUT2D eigenvalue weighted by molar-refractivity contribution is 9.10. The maximum Gasteiger partial charge on any atom is 0.224 e. The largest absolute Gasteiger partial charge is 0.325 e. The summed E-state index contributed by atoms with van der Waals surface area (Å²) >= 11 is 15.4. The van der Waals surface area contributed by atoms with Gasteiger partial charge in [0.05, 0.1) is 15.7 Å². The van der Waals surface area contributed by atoms with E-state index in [1.54, 1.807) is 12.1 Å². The normalized spacial score (nSPS) is 18.9. The predicted octanol–water partition coefficient (Wildman–Crippen LogP) is 4.62. The summed E-state index contributed by atoms with van der Waals surface area (Å²) in [5.74, 6) is -0.0299. The molecule has 20 heavy (non-hydrogen) atoms. The van der Waals surface area contributed by atoms with Crippen LogP contribution in [0.2, 0.25) is 10.0 Å². The number of carbonyl (C=O) groups excluding carboxylic acids is 1. The summed E-state index contributed by atoms with van der Waals surface area (Å²) in [4.78, 5) is 12.0. The molecule has 2 rings (SSSR count). The second kappa shape index (κ2) is 7.64. The summed E-state index contributed by atoms with van der Waals surface area (Å²) in [6.45, 7) is 1.06. The van der Waals surface area contributed by atoms with Crippen molar-refractivity contribution in [3.05, 3.63) is 26.7 Å². The smallest absolute Gasteiger partial charge is 0.224 e. The van der Waals surface area contributed by atoms with E-state index in [-0.39, 0.29) is 5.91 Å². The highest BCUT2D eigenvalue weighted by atomic mass is 79.9. The first-order valence-electron chi connectivity index (χ1n) is 6.74. The lowest BCUT2D eigenvalue weighted by Gasteiger charge is -2.23. The first kappa shape index (κ1) is 16.1. The van der Waals surface area contributed by atoms with Gasteiger partial charge in [-0.15, -0.1) is 0 Å². The molecule has 0 aliphatic carbocycles. The minimum Gasteiger partial charge on any atom is -0.325 e. The lowest BCUT2D eigenvalue weighted by atomic mass is 10.0. The van der Waals surface area contributed by atoms with Gasteiger partial charge in [0, 0.05) is 16.9 Å². The molecule has 1 saturated heterocycles. The molecular weight excluding hydrogens is 363 g/mol. The molecule has 0 spiro atoms. The fourth-order valence-corrected chi connectivity index (χ4v) is 3.13. The summed E-state index contributed by atoms with van der Waals surface area (Å²) < 4.78 is 0.716. The minimum absolute atomic E-state index is 0.0299. The van der Waals surface area contributed by atoms with Gasteiger partial charge in [0.25, 0.3) is 0 Å². The van der Waals surface area contributed by atoms with Crippen molar-refractivity contribution < 1.29 is 4.79 Å². The Bertz CT molecular complexity index is 490. The van der Waals surface area contributed by atoms with Crippen molar-refractivity contribution in [2.24, 2.45) is 0 Å². The summed E-state index contributed by atoms with van der Waals surface area (Å²) in [6.07, 6.45) is 4.97. The van der Waals surface area contributed by atoms with Crippen LogP contribution in [0.4, 0.5) is 5.69 Å². The Morgan fingerprint density at radius 1 is 1.35 bits per heavy atom. The van der Waals surface area contributed by atoms with Crippen molar-refractivity contribution in [3.63, 3.8) is 0 Å². The molecule has 0 radical (unpaired) electrons. The Morgan fingerprint density at radius 2 is 2.15 bits per heavy atom. The molecule has 1 aromatic rings. The summed E-state index contributed by atoms with van der Waals surface area (Å²) in [5.41, 5.74) is 0.557. The zero-order valence-corrected chi connectivity index (χ0v) is 14.1. The van der Waals surface area contributed by atoms with Gasteiger partial charge in [-0.1, -0.05) is 29.6 Å². The molecule has 6 heteroatoms. The molecule has 3 nitrogen and oxygen atoms in total. The molecule has 2 N–H and O–H groups in total. The van der Waals surface area contributed by atoms with Crippen molar-refractivity contribution in [2.75, 3.05) is 11.9 Å². The third-order valence-electron chi connectivity index (χ3n) is 3.44. The molecule has 0 saturated carbocycles. The molecule has 1 heterocycles. The summed E-state index contributed by atoms with van der Waals surface area (Å²) in [6, 6.07) is 3.97. The average molecular weight is 380 g/mol. The molecule has 1 amide bonds. The monoisotopic (exact) mass is 378 g/mol. The topological polar surface area (TPSA) is 41.1 Å². The molecule has 110 valence electrons. The second-order valence-corrected chi connectivity index (χ2v) is 6.57.